The number of hydrogen-bond donors (Lipinski definition) is 3. The van der Waals surface area contributed by atoms with Gasteiger partial charge in [0.15, 0.2) is 0 Å². The first-order valence-corrected chi connectivity index (χ1v) is 8.27. The van der Waals surface area contributed by atoms with Gasteiger partial charge in [-0.3, -0.25) is 5.32 Å². The molecule has 0 fully saturated rings. The number of hydrogen-bond acceptors (Lipinski definition) is 2. The van der Waals surface area contributed by atoms with Crippen molar-refractivity contribution in [3.05, 3.63) is 52.0 Å². The largest absolute Gasteiger partial charge is 0.506 e. The van der Waals surface area contributed by atoms with E-state index < -0.39 is 0 Å². The van der Waals surface area contributed by atoms with Gasteiger partial charge >= 0.3 is 5.95 Å². The van der Waals surface area contributed by atoms with Gasteiger partial charge in [0, 0.05) is 10.6 Å². The lowest BCUT2D eigenvalue weighted by molar-refractivity contribution is -0.657. The zero-order chi connectivity index (χ0) is 16.4. The number of anilines is 1. The van der Waals surface area contributed by atoms with Crippen LogP contribution in [0.5, 0.6) is 5.75 Å². The van der Waals surface area contributed by atoms with Crippen LogP contribution in [0.2, 0.25) is 10.0 Å². The summed E-state index contributed by atoms with van der Waals surface area (Å²) in [6.07, 6.45) is 1.02. The van der Waals surface area contributed by atoms with Gasteiger partial charge in [0.05, 0.1) is 18.1 Å². The normalized spacial score (nSPS) is 11.1. The fourth-order valence-electron chi connectivity index (χ4n) is 2.66. The van der Waals surface area contributed by atoms with Crippen molar-refractivity contribution in [3.63, 3.8) is 0 Å². The van der Waals surface area contributed by atoms with Gasteiger partial charge in [-0.25, -0.2) is 9.55 Å². The van der Waals surface area contributed by atoms with Crippen LogP contribution in [0.3, 0.4) is 0 Å². The van der Waals surface area contributed by atoms with Crippen LogP contribution in [0.1, 0.15) is 18.9 Å². The molecule has 0 radical (unpaired) electrons. The number of fused-ring (bicyclic) bond motifs is 1. The van der Waals surface area contributed by atoms with Crippen molar-refractivity contribution in [3.8, 4) is 5.75 Å². The second kappa shape index (κ2) is 6.69. The second-order valence-electron chi connectivity index (χ2n) is 5.39. The number of phenols is 1. The molecule has 0 atom stereocenters. The Balaban J connectivity index is 1.91. The van der Waals surface area contributed by atoms with Crippen molar-refractivity contribution in [1.29, 1.82) is 0 Å². The average molecular weight is 351 g/mol. The number of aromatic amines is 1. The molecule has 0 aliphatic rings. The highest BCUT2D eigenvalue weighted by Gasteiger charge is 2.17. The minimum Gasteiger partial charge on any atom is -0.506 e. The monoisotopic (exact) mass is 350 g/mol. The van der Waals surface area contributed by atoms with Crippen molar-refractivity contribution in [1.82, 2.24) is 4.98 Å². The molecular weight excluding hydrogens is 333 g/mol. The van der Waals surface area contributed by atoms with Crippen molar-refractivity contribution in [2.24, 2.45) is 0 Å². The van der Waals surface area contributed by atoms with E-state index in [1.807, 2.05) is 18.2 Å². The Morgan fingerprint density at radius 1 is 1.22 bits per heavy atom. The Hall–Kier alpha value is -1.91. The minimum absolute atomic E-state index is 0.0571. The van der Waals surface area contributed by atoms with E-state index >= 15 is 0 Å². The Labute approximate surface area is 144 Å². The molecule has 3 aromatic rings. The van der Waals surface area contributed by atoms with E-state index in [0.29, 0.717) is 17.1 Å². The molecule has 0 saturated carbocycles. The average Bonchev–Trinajstić information content (AvgIpc) is 2.88. The molecule has 2 aromatic carbocycles. The lowest BCUT2D eigenvalue weighted by Gasteiger charge is -2.07. The first kappa shape index (κ1) is 16.0. The number of benzene rings is 2. The molecule has 3 rings (SSSR count). The Morgan fingerprint density at radius 3 is 2.78 bits per heavy atom. The molecule has 3 N–H and O–H groups in total. The Bertz CT molecular complexity index is 845. The van der Waals surface area contributed by atoms with E-state index in [1.165, 1.54) is 6.07 Å². The van der Waals surface area contributed by atoms with E-state index in [1.54, 1.807) is 6.07 Å². The number of nitrogens with one attached hydrogen (secondary N) is 2. The lowest BCUT2D eigenvalue weighted by atomic mass is 10.2. The van der Waals surface area contributed by atoms with Crippen LogP contribution in [-0.2, 0) is 13.1 Å². The molecule has 1 heterocycles. The standard InChI is InChI=1S/C17H17Cl2N3O/c1-2-7-22-15-6-4-3-5-14(15)21-17(22)20-10-11-8-12(18)9-13(19)16(11)23/h3-6,8-9H,2,7,10H2,1H3,(H2,20,21,23)/p+1. The third-order valence-corrected chi connectivity index (χ3v) is 4.22. The SMILES string of the molecule is CCC[n+]1c(NCc2cc(Cl)cc(Cl)c2O)[nH]c2ccccc21. The number of imidazole rings is 1. The molecule has 0 bridgehead atoms. The van der Waals surface area contributed by atoms with Gasteiger partial charge in [-0.1, -0.05) is 42.3 Å². The number of nitrogens with zero attached hydrogens (tertiary/aromatic N) is 1. The fourth-order valence-corrected chi connectivity index (χ4v) is 3.19. The van der Waals surface area contributed by atoms with E-state index in [4.69, 9.17) is 23.2 Å². The number of aromatic nitrogens is 2. The van der Waals surface area contributed by atoms with Crippen LogP contribution in [-0.4, -0.2) is 10.1 Å². The summed E-state index contributed by atoms with van der Waals surface area (Å²) in [6.45, 7) is 3.46. The molecule has 0 saturated heterocycles. The summed E-state index contributed by atoms with van der Waals surface area (Å²) in [5.74, 6) is 0.949. The summed E-state index contributed by atoms with van der Waals surface area (Å²) in [5, 5.41) is 14.2. The van der Waals surface area contributed by atoms with Crippen LogP contribution in [0.15, 0.2) is 36.4 Å². The summed E-state index contributed by atoms with van der Waals surface area (Å²) in [4.78, 5) is 3.37. The molecular formula is C17H18Cl2N3O+. The van der Waals surface area contributed by atoms with Crippen LogP contribution < -0.4 is 9.88 Å². The highest BCUT2D eigenvalue weighted by Crippen LogP contribution is 2.31. The minimum atomic E-state index is 0.0571. The van der Waals surface area contributed by atoms with Crippen molar-refractivity contribution >= 4 is 40.2 Å². The highest BCUT2D eigenvalue weighted by molar-refractivity contribution is 6.35. The fraction of sp³-hybridized carbons (Fsp3) is 0.235. The third-order valence-electron chi connectivity index (χ3n) is 3.72. The van der Waals surface area contributed by atoms with Gasteiger partial charge in [-0.2, -0.15) is 0 Å². The summed E-state index contributed by atoms with van der Waals surface area (Å²) in [6, 6.07) is 11.4. The topological polar surface area (TPSA) is 51.9 Å². The highest BCUT2D eigenvalue weighted by atomic mass is 35.5. The van der Waals surface area contributed by atoms with Crippen LogP contribution >= 0.6 is 23.2 Å². The van der Waals surface area contributed by atoms with Crippen molar-refractivity contribution in [2.75, 3.05) is 5.32 Å². The number of rotatable bonds is 5. The maximum atomic E-state index is 10.1. The Morgan fingerprint density at radius 2 is 2.00 bits per heavy atom. The van der Waals surface area contributed by atoms with E-state index in [2.05, 4.69) is 27.9 Å². The van der Waals surface area contributed by atoms with Gasteiger partial charge in [0.25, 0.3) is 0 Å². The van der Waals surface area contributed by atoms with Crippen molar-refractivity contribution < 1.29 is 9.67 Å². The molecule has 0 amide bonds. The number of phenolic OH excluding ortho intramolecular Hbond substituents is 1. The predicted octanol–water partition coefficient (Wildman–Crippen LogP) is 4.49. The molecule has 0 spiro atoms. The van der Waals surface area contributed by atoms with Gasteiger partial charge < -0.3 is 5.11 Å². The van der Waals surface area contributed by atoms with E-state index in [-0.39, 0.29) is 10.8 Å². The number of halogens is 2. The van der Waals surface area contributed by atoms with Crippen LogP contribution in [0, 0.1) is 0 Å². The first-order chi connectivity index (χ1) is 11.1. The quantitative estimate of drug-likeness (QED) is 0.593. The number of H-pyrrole nitrogens is 1. The zero-order valence-corrected chi connectivity index (χ0v) is 14.2. The maximum Gasteiger partial charge on any atom is 0.356 e. The first-order valence-electron chi connectivity index (χ1n) is 7.51. The van der Waals surface area contributed by atoms with E-state index in [9.17, 15) is 5.11 Å². The lowest BCUT2D eigenvalue weighted by Crippen LogP contribution is -2.35. The van der Waals surface area contributed by atoms with Gasteiger partial charge in [-0.15, -0.1) is 0 Å². The number of aromatic hydroxyl groups is 1. The smallest absolute Gasteiger partial charge is 0.356 e. The molecule has 4 nitrogen and oxygen atoms in total. The molecule has 0 aliphatic heterocycles. The summed E-state index contributed by atoms with van der Waals surface area (Å²) < 4.78 is 2.19. The number of para-hydroxylation sites is 2. The predicted molar refractivity (Wildman–Crippen MR) is 94.2 cm³/mol. The molecule has 6 heteroatoms. The van der Waals surface area contributed by atoms with Crippen LogP contribution in [0.4, 0.5) is 5.95 Å². The summed E-state index contributed by atoms with van der Waals surface area (Å²) in [5.41, 5.74) is 2.87. The summed E-state index contributed by atoms with van der Waals surface area (Å²) in [7, 11) is 0. The maximum absolute atomic E-state index is 10.1. The van der Waals surface area contributed by atoms with E-state index in [0.717, 1.165) is 29.9 Å². The Kier molecular flexibility index (Phi) is 4.64. The van der Waals surface area contributed by atoms with Gasteiger partial charge in [0.1, 0.15) is 16.8 Å². The molecule has 0 unspecified atom stereocenters. The molecule has 0 aliphatic carbocycles. The number of aryl methyl sites for hydroxylation is 1. The van der Waals surface area contributed by atoms with Crippen LogP contribution in [0.25, 0.3) is 11.0 Å². The zero-order valence-electron chi connectivity index (χ0n) is 12.7. The third kappa shape index (κ3) is 3.23. The molecule has 1 aromatic heterocycles. The van der Waals surface area contributed by atoms with Crippen molar-refractivity contribution in [2.45, 2.75) is 26.4 Å². The summed E-state index contributed by atoms with van der Waals surface area (Å²) >= 11 is 12.0. The van der Waals surface area contributed by atoms with Gasteiger partial charge in [-0.05, 0) is 30.7 Å². The molecule has 120 valence electrons. The molecule has 23 heavy (non-hydrogen) atoms. The van der Waals surface area contributed by atoms with Gasteiger partial charge in [0.2, 0.25) is 0 Å². The second-order valence-corrected chi connectivity index (χ2v) is 6.23.